The molecule has 0 aliphatic carbocycles. The molecule has 0 radical (unpaired) electrons. The number of aromatic nitrogens is 1. The van der Waals surface area contributed by atoms with E-state index in [0.29, 0.717) is 25.3 Å². The monoisotopic (exact) mass is 700 g/mol. The van der Waals surface area contributed by atoms with Crippen molar-refractivity contribution in [2.24, 2.45) is 11.1 Å². The number of aliphatic hydroxyl groups excluding tert-OH is 1. The third-order valence-electron chi connectivity index (χ3n) is 8.40. The van der Waals surface area contributed by atoms with E-state index in [1.807, 2.05) is 52.8 Å². The first-order valence-corrected chi connectivity index (χ1v) is 17.7. The first-order valence-electron chi connectivity index (χ1n) is 16.9. The number of unbranched alkanes of at least 4 members (excludes halogenated alkanes) is 2. The number of amides is 5. The van der Waals surface area contributed by atoms with E-state index in [0.717, 1.165) is 41.0 Å². The fourth-order valence-corrected chi connectivity index (χ4v) is 6.58. The Hall–Kier alpha value is -4.04. The van der Waals surface area contributed by atoms with Gasteiger partial charge >= 0.3 is 0 Å². The number of primary amides is 1. The van der Waals surface area contributed by atoms with Crippen molar-refractivity contribution in [3.05, 3.63) is 35.0 Å². The molecular formula is C35H52N6O7S. The minimum atomic E-state index is -0.907. The number of rotatable bonds is 17. The number of likely N-dealkylation sites (tertiary alicyclic amines) is 1. The van der Waals surface area contributed by atoms with Crippen LogP contribution >= 0.6 is 11.3 Å². The number of aliphatic hydroxyl groups is 1. The highest BCUT2D eigenvalue weighted by molar-refractivity contribution is 7.13. The summed E-state index contributed by atoms with van der Waals surface area (Å²) in [7, 11) is 0. The van der Waals surface area contributed by atoms with Crippen molar-refractivity contribution < 1.29 is 33.8 Å². The van der Waals surface area contributed by atoms with E-state index in [2.05, 4.69) is 20.9 Å². The maximum absolute atomic E-state index is 13.7. The van der Waals surface area contributed by atoms with Crippen LogP contribution in [0.4, 0.5) is 0 Å². The molecule has 4 atom stereocenters. The summed E-state index contributed by atoms with van der Waals surface area (Å²) in [5.74, 6) is -1.08. The molecule has 270 valence electrons. The minimum absolute atomic E-state index is 0.00625. The van der Waals surface area contributed by atoms with Crippen molar-refractivity contribution in [2.45, 2.75) is 111 Å². The Bertz CT molecular complexity index is 1470. The normalized spacial score (nSPS) is 17.2. The van der Waals surface area contributed by atoms with Crippen LogP contribution in [0, 0.1) is 12.3 Å². The summed E-state index contributed by atoms with van der Waals surface area (Å²) in [6.07, 6.45) is 2.43. The van der Waals surface area contributed by atoms with Crippen molar-refractivity contribution in [2.75, 3.05) is 19.7 Å². The number of hydrogen-bond acceptors (Lipinski definition) is 9. The standard InChI is InChI=1S/C35H52N6O7S/c1-21(39-33(46)27-18-25(43)19-41(27)34(47)32(35(4,5)6)40-23(3)42)26-14-13-24(31-22(2)38-20-49-31)17-28(26)48-16-9-7-8-15-37-30(45)12-10-11-29(36)44/h13-14,17,20-21,25,27,32,43H,7-12,15-16,18-19H2,1-6H3,(H2,36,44)(H,37,45)(H,39,46)(H,40,42)/t21-,25+,27-,32+/m0/s1. The number of β-amino-alcohol motifs (C(OH)–C–C–N with tert-alkyl or cyclic N) is 1. The van der Waals surface area contributed by atoms with Gasteiger partial charge < -0.3 is 36.4 Å². The van der Waals surface area contributed by atoms with Crippen LogP contribution in [-0.2, 0) is 24.0 Å². The van der Waals surface area contributed by atoms with Gasteiger partial charge in [-0.05, 0) is 56.6 Å². The first-order chi connectivity index (χ1) is 23.1. The Morgan fingerprint density at radius 3 is 2.47 bits per heavy atom. The Morgan fingerprint density at radius 1 is 1.10 bits per heavy atom. The smallest absolute Gasteiger partial charge is 0.246 e. The summed E-state index contributed by atoms with van der Waals surface area (Å²) in [6, 6.07) is 3.56. The summed E-state index contributed by atoms with van der Waals surface area (Å²) in [4.78, 5) is 68.8. The van der Waals surface area contributed by atoms with Crippen LogP contribution in [0.3, 0.4) is 0 Å². The molecule has 1 aliphatic rings. The first kappa shape index (κ1) is 39.4. The van der Waals surface area contributed by atoms with Gasteiger partial charge in [0, 0.05) is 44.8 Å². The molecule has 3 rings (SSSR count). The molecule has 5 amide bonds. The van der Waals surface area contributed by atoms with Crippen molar-refractivity contribution in [1.82, 2.24) is 25.8 Å². The Balaban J connectivity index is 1.68. The van der Waals surface area contributed by atoms with E-state index in [9.17, 15) is 29.1 Å². The molecule has 49 heavy (non-hydrogen) atoms. The SMILES string of the molecule is CC(=O)N[C@H](C(=O)N1C[C@H](O)C[C@H]1C(=O)N[C@@H](C)c1ccc(-c2scnc2C)cc1OCCCCCNC(=O)CCCC(N)=O)C(C)(C)C. The van der Waals surface area contributed by atoms with E-state index in [1.165, 1.54) is 23.2 Å². The largest absolute Gasteiger partial charge is 0.493 e. The summed E-state index contributed by atoms with van der Waals surface area (Å²) in [5.41, 5.74) is 8.89. The molecule has 2 heterocycles. The maximum Gasteiger partial charge on any atom is 0.246 e. The molecule has 13 nitrogen and oxygen atoms in total. The number of nitrogens with zero attached hydrogens (tertiary/aromatic N) is 2. The maximum atomic E-state index is 13.7. The third kappa shape index (κ3) is 11.8. The summed E-state index contributed by atoms with van der Waals surface area (Å²) in [6.45, 7) is 11.6. The van der Waals surface area contributed by atoms with Crippen LogP contribution in [-0.4, -0.2) is 82.4 Å². The fourth-order valence-electron chi connectivity index (χ4n) is 5.77. The lowest BCUT2D eigenvalue weighted by atomic mass is 9.85. The van der Waals surface area contributed by atoms with Crippen LogP contribution in [0.1, 0.15) is 96.9 Å². The van der Waals surface area contributed by atoms with Crippen molar-refractivity contribution in [3.63, 3.8) is 0 Å². The number of nitrogens with one attached hydrogen (secondary N) is 3. The fraction of sp³-hybridized carbons (Fsp3) is 0.600. The molecule has 1 fully saturated rings. The highest BCUT2D eigenvalue weighted by atomic mass is 32.1. The third-order valence-corrected chi connectivity index (χ3v) is 9.38. The summed E-state index contributed by atoms with van der Waals surface area (Å²) < 4.78 is 6.29. The number of carbonyl (C=O) groups excluding carboxylic acids is 5. The van der Waals surface area contributed by atoms with Gasteiger partial charge in [-0.2, -0.15) is 0 Å². The van der Waals surface area contributed by atoms with Crippen molar-refractivity contribution >= 4 is 40.9 Å². The van der Waals surface area contributed by atoms with Gasteiger partial charge in [0.05, 0.1) is 34.8 Å². The van der Waals surface area contributed by atoms with Gasteiger partial charge in [0.15, 0.2) is 0 Å². The Labute approximate surface area is 292 Å². The zero-order valence-corrected chi connectivity index (χ0v) is 30.3. The number of ether oxygens (including phenoxy) is 1. The van der Waals surface area contributed by atoms with E-state index >= 15 is 0 Å². The molecule has 0 spiro atoms. The Morgan fingerprint density at radius 2 is 1.84 bits per heavy atom. The molecule has 6 N–H and O–H groups in total. The van der Waals surface area contributed by atoms with Crippen molar-refractivity contribution in [1.29, 1.82) is 0 Å². The minimum Gasteiger partial charge on any atom is -0.493 e. The van der Waals surface area contributed by atoms with Gasteiger partial charge in [0.25, 0.3) is 0 Å². The van der Waals surface area contributed by atoms with Gasteiger partial charge in [-0.3, -0.25) is 24.0 Å². The number of thiazole rings is 1. The molecule has 1 aromatic heterocycles. The molecule has 1 saturated heterocycles. The van der Waals surface area contributed by atoms with Gasteiger partial charge in [-0.15, -0.1) is 11.3 Å². The predicted molar refractivity (Wildman–Crippen MR) is 187 cm³/mol. The average molecular weight is 701 g/mol. The number of nitrogens with two attached hydrogens (primary N) is 1. The van der Waals surface area contributed by atoms with E-state index < -0.39 is 47.4 Å². The molecule has 0 unspecified atom stereocenters. The highest BCUT2D eigenvalue weighted by Crippen LogP contribution is 2.35. The molecule has 14 heteroatoms. The molecule has 0 saturated carbocycles. The molecule has 2 aromatic rings. The lowest BCUT2D eigenvalue weighted by molar-refractivity contribution is -0.144. The highest BCUT2D eigenvalue weighted by Gasteiger charge is 2.44. The van der Waals surface area contributed by atoms with Gasteiger partial charge in [0.2, 0.25) is 29.5 Å². The van der Waals surface area contributed by atoms with Gasteiger partial charge in [-0.25, -0.2) is 4.98 Å². The molecular weight excluding hydrogens is 648 g/mol. The quantitative estimate of drug-likeness (QED) is 0.155. The number of benzene rings is 1. The Kier molecular flexibility index (Phi) is 14.5. The lowest BCUT2D eigenvalue weighted by Gasteiger charge is -2.35. The van der Waals surface area contributed by atoms with Crippen LogP contribution in [0.5, 0.6) is 5.75 Å². The number of aryl methyl sites for hydroxylation is 1. The van der Waals surface area contributed by atoms with E-state index in [1.54, 1.807) is 5.51 Å². The molecule has 0 bridgehead atoms. The van der Waals surface area contributed by atoms with E-state index in [4.69, 9.17) is 10.5 Å². The van der Waals surface area contributed by atoms with Crippen LogP contribution in [0.2, 0.25) is 0 Å². The topological polar surface area (TPSA) is 193 Å². The second-order valence-electron chi connectivity index (χ2n) is 13.7. The van der Waals surface area contributed by atoms with E-state index in [-0.39, 0.29) is 37.6 Å². The van der Waals surface area contributed by atoms with Crippen molar-refractivity contribution in [3.8, 4) is 16.2 Å². The second kappa shape index (κ2) is 18.1. The summed E-state index contributed by atoms with van der Waals surface area (Å²) >= 11 is 1.53. The number of carbonyl (C=O) groups is 5. The van der Waals surface area contributed by atoms with Gasteiger partial charge in [0.1, 0.15) is 17.8 Å². The van der Waals surface area contributed by atoms with Gasteiger partial charge in [-0.1, -0.05) is 32.9 Å². The molecule has 1 aliphatic heterocycles. The van der Waals surface area contributed by atoms with Crippen LogP contribution in [0.15, 0.2) is 23.7 Å². The summed E-state index contributed by atoms with van der Waals surface area (Å²) in [5, 5.41) is 19.1. The van der Waals surface area contributed by atoms with Crippen LogP contribution < -0.4 is 26.4 Å². The molecule has 1 aromatic carbocycles. The second-order valence-corrected chi connectivity index (χ2v) is 14.6. The average Bonchev–Trinajstić information content (AvgIpc) is 3.63. The number of hydrogen-bond donors (Lipinski definition) is 5. The lowest BCUT2D eigenvalue weighted by Crippen LogP contribution is -2.57. The zero-order chi connectivity index (χ0) is 36.3. The zero-order valence-electron chi connectivity index (χ0n) is 29.5. The predicted octanol–water partition coefficient (Wildman–Crippen LogP) is 3.13. The van der Waals surface area contributed by atoms with Crippen LogP contribution in [0.25, 0.3) is 10.4 Å².